The van der Waals surface area contributed by atoms with E-state index in [4.69, 9.17) is 9.15 Å². The van der Waals surface area contributed by atoms with Crippen molar-refractivity contribution in [2.24, 2.45) is 0 Å². The van der Waals surface area contributed by atoms with Crippen LogP contribution < -0.4 is 5.32 Å². The predicted molar refractivity (Wildman–Crippen MR) is 113 cm³/mol. The number of amides is 1. The van der Waals surface area contributed by atoms with Crippen molar-refractivity contribution in [3.63, 3.8) is 0 Å². The van der Waals surface area contributed by atoms with Crippen LogP contribution in [0.4, 0.5) is 5.00 Å². The second kappa shape index (κ2) is 8.23. The molecule has 0 aliphatic heterocycles. The Kier molecular flexibility index (Phi) is 5.63. The summed E-state index contributed by atoms with van der Waals surface area (Å²) in [6, 6.07) is 7.16. The molecule has 2 heterocycles. The lowest BCUT2D eigenvalue weighted by Crippen LogP contribution is -2.24. The van der Waals surface area contributed by atoms with Gasteiger partial charge in [0.1, 0.15) is 10.8 Å². The number of aryl methyl sites for hydroxylation is 2. The van der Waals surface area contributed by atoms with Gasteiger partial charge in [-0.05, 0) is 43.9 Å². The molecule has 0 unspecified atom stereocenters. The van der Waals surface area contributed by atoms with Gasteiger partial charge >= 0.3 is 11.2 Å². The number of carbonyl (C=O) groups is 2. The van der Waals surface area contributed by atoms with Crippen molar-refractivity contribution in [1.82, 2.24) is 10.2 Å². The van der Waals surface area contributed by atoms with E-state index in [0.29, 0.717) is 22.5 Å². The molecule has 9 nitrogen and oxygen atoms in total. The summed E-state index contributed by atoms with van der Waals surface area (Å²) in [4.78, 5) is 25.7. The van der Waals surface area contributed by atoms with E-state index in [1.807, 2.05) is 13.0 Å². The fourth-order valence-electron chi connectivity index (χ4n) is 3.44. The zero-order valence-electron chi connectivity index (χ0n) is 16.8. The smallest absolute Gasteiger partial charge is 0.341 e. The third-order valence-electron chi connectivity index (χ3n) is 4.82. The molecule has 0 saturated heterocycles. The standard InChI is InChI=1S/C20H19N3O6S2/c1-11-5-3-6-12(9-11)17-22-23-20(29-17)31(26,27)10-15(24)21-18-16(19(25)28-2)13-7-4-8-14(13)30-18/h3,5-6,9H,4,7-8,10H2,1-2H3,(H,21,24). The maximum absolute atomic E-state index is 12.6. The number of methoxy groups -OCH3 is 1. The number of thiophene rings is 1. The van der Waals surface area contributed by atoms with E-state index in [2.05, 4.69) is 15.5 Å². The molecule has 0 fully saturated rings. The number of sulfone groups is 1. The Labute approximate surface area is 182 Å². The maximum Gasteiger partial charge on any atom is 0.341 e. The molecule has 1 aromatic carbocycles. The van der Waals surface area contributed by atoms with Gasteiger partial charge < -0.3 is 14.5 Å². The fourth-order valence-corrected chi connectivity index (χ4v) is 5.64. The third kappa shape index (κ3) is 4.23. The summed E-state index contributed by atoms with van der Waals surface area (Å²) in [5.41, 5.74) is 2.68. The van der Waals surface area contributed by atoms with Gasteiger partial charge in [0.25, 0.3) is 0 Å². The molecule has 0 saturated carbocycles. The number of hydrogen-bond acceptors (Lipinski definition) is 9. The number of nitrogens with zero attached hydrogens (tertiary/aromatic N) is 2. The number of fused-ring (bicyclic) bond motifs is 1. The van der Waals surface area contributed by atoms with Gasteiger partial charge in [0, 0.05) is 10.4 Å². The quantitative estimate of drug-likeness (QED) is 0.555. The molecule has 1 aliphatic carbocycles. The maximum atomic E-state index is 12.6. The minimum atomic E-state index is -4.17. The Morgan fingerprint density at radius 1 is 1.26 bits per heavy atom. The first-order chi connectivity index (χ1) is 14.8. The molecule has 0 radical (unpaired) electrons. The highest BCUT2D eigenvalue weighted by molar-refractivity contribution is 7.91. The van der Waals surface area contributed by atoms with Gasteiger partial charge in [0.05, 0.1) is 12.7 Å². The molecule has 162 valence electrons. The number of hydrogen-bond donors (Lipinski definition) is 1. The summed E-state index contributed by atoms with van der Waals surface area (Å²) in [6.45, 7) is 1.88. The number of carbonyl (C=O) groups excluding carboxylic acids is 2. The Hall–Kier alpha value is -3.05. The SMILES string of the molecule is COC(=O)c1c(NC(=O)CS(=O)(=O)c2nnc(-c3cccc(C)c3)o2)sc2c1CCC2. The average Bonchev–Trinajstić information content (AvgIpc) is 3.43. The van der Waals surface area contributed by atoms with Crippen LogP contribution >= 0.6 is 11.3 Å². The first kappa shape index (κ1) is 21.2. The summed E-state index contributed by atoms with van der Waals surface area (Å²) in [6.07, 6.45) is 2.45. The Morgan fingerprint density at radius 2 is 2.06 bits per heavy atom. The molecule has 0 bridgehead atoms. The summed E-state index contributed by atoms with van der Waals surface area (Å²) >= 11 is 1.27. The summed E-state index contributed by atoms with van der Waals surface area (Å²) in [5, 5.41) is 9.57. The van der Waals surface area contributed by atoms with Crippen molar-refractivity contribution in [3.8, 4) is 11.5 Å². The molecule has 11 heteroatoms. The minimum absolute atomic E-state index is 0.0466. The van der Waals surface area contributed by atoms with E-state index in [-0.39, 0.29) is 5.89 Å². The summed E-state index contributed by atoms with van der Waals surface area (Å²) in [5.74, 6) is -2.21. The van der Waals surface area contributed by atoms with Crippen LogP contribution in [0.2, 0.25) is 0 Å². The van der Waals surface area contributed by atoms with Crippen molar-refractivity contribution < 1.29 is 27.2 Å². The summed E-state index contributed by atoms with van der Waals surface area (Å²) in [7, 11) is -2.91. The number of esters is 1. The number of nitrogens with one attached hydrogen (secondary N) is 1. The normalized spacial score (nSPS) is 13.1. The van der Waals surface area contributed by atoms with Gasteiger partial charge in [0.15, 0.2) is 0 Å². The van der Waals surface area contributed by atoms with Gasteiger partial charge in [-0.2, -0.15) is 0 Å². The topological polar surface area (TPSA) is 128 Å². The van der Waals surface area contributed by atoms with Gasteiger partial charge in [0.2, 0.25) is 21.6 Å². The van der Waals surface area contributed by atoms with Gasteiger partial charge in [-0.25, -0.2) is 13.2 Å². The molecular formula is C20H19N3O6S2. The molecule has 1 amide bonds. The Bertz CT molecular complexity index is 1280. The lowest BCUT2D eigenvalue weighted by Gasteiger charge is -2.06. The Morgan fingerprint density at radius 3 is 2.81 bits per heavy atom. The van der Waals surface area contributed by atoms with Gasteiger partial charge in [-0.3, -0.25) is 4.79 Å². The number of anilines is 1. The van der Waals surface area contributed by atoms with Gasteiger partial charge in [-0.1, -0.05) is 22.8 Å². The first-order valence-corrected chi connectivity index (χ1v) is 11.9. The molecule has 1 aliphatic rings. The predicted octanol–water partition coefficient (Wildman–Crippen LogP) is 2.79. The third-order valence-corrected chi connectivity index (χ3v) is 7.37. The molecule has 1 N–H and O–H groups in total. The summed E-state index contributed by atoms with van der Waals surface area (Å²) < 4.78 is 35.4. The molecule has 4 rings (SSSR count). The van der Waals surface area contributed by atoms with Crippen LogP contribution in [-0.4, -0.2) is 43.4 Å². The zero-order chi connectivity index (χ0) is 22.2. The van der Waals surface area contributed by atoms with Crippen molar-refractivity contribution in [2.45, 2.75) is 31.4 Å². The van der Waals surface area contributed by atoms with E-state index < -0.39 is 32.7 Å². The molecule has 0 spiro atoms. The zero-order valence-corrected chi connectivity index (χ0v) is 18.4. The minimum Gasteiger partial charge on any atom is -0.465 e. The second-order valence-electron chi connectivity index (χ2n) is 7.10. The van der Waals surface area contributed by atoms with Crippen molar-refractivity contribution >= 4 is 38.1 Å². The van der Waals surface area contributed by atoms with E-state index in [1.54, 1.807) is 18.2 Å². The highest BCUT2D eigenvalue weighted by atomic mass is 32.2. The van der Waals surface area contributed by atoms with Crippen LogP contribution in [-0.2, 0) is 32.2 Å². The van der Waals surface area contributed by atoms with E-state index in [1.165, 1.54) is 18.4 Å². The van der Waals surface area contributed by atoms with Gasteiger partial charge in [-0.15, -0.1) is 16.4 Å². The first-order valence-electron chi connectivity index (χ1n) is 9.44. The lowest BCUT2D eigenvalue weighted by molar-refractivity contribution is -0.113. The monoisotopic (exact) mass is 461 g/mol. The molecule has 0 atom stereocenters. The molecular weight excluding hydrogens is 442 g/mol. The molecule has 31 heavy (non-hydrogen) atoms. The van der Waals surface area contributed by atoms with Crippen LogP contribution in [0, 0.1) is 6.92 Å². The lowest BCUT2D eigenvalue weighted by atomic mass is 10.1. The average molecular weight is 462 g/mol. The number of benzene rings is 1. The van der Waals surface area contributed by atoms with Crippen LogP contribution in [0.25, 0.3) is 11.5 Å². The highest BCUT2D eigenvalue weighted by Crippen LogP contribution is 2.39. The van der Waals surface area contributed by atoms with Crippen LogP contribution in [0.5, 0.6) is 0 Å². The van der Waals surface area contributed by atoms with Crippen molar-refractivity contribution in [3.05, 3.63) is 45.8 Å². The fraction of sp³-hybridized carbons (Fsp3) is 0.300. The highest BCUT2D eigenvalue weighted by Gasteiger charge is 2.30. The number of rotatable bonds is 6. The van der Waals surface area contributed by atoms with Crippen LogP contribution in [0.1, 0.15) is 32.8 Å². The number of ether oxygens (including phenoxy) is 1. The van der Waals surface area contributed by atoms with Crippen LogP contribution in [0.15, 0.2) is 33.9 Å². The van der Waals surface area contributed by atoms with Crippen molar-refractivity contribution in [2.75, 3.05) is 18.2 Å². The van der Waals surface area contributed by atoms with Crippen LogP contribution in [0.3, 0.4) is 0 Å². The Balaban J connectivity index is 1.52. The number of aromatic nitrogens is 2. The molecule has 2 aromatic heterocycles. The second-order valence-corrected chi connectivity index (χ2v) is 10.1. The van der Waals surface area contributed by atoms with E-state index >= 15 is 0 Å². The molecule has 3 aromatic rings. The van der Waals surface area contributed by atoms with E-state index in [0.717, 1.165) is 28.8 Å². The van der Waals surface area contributed by atoms with Crippen molar-refractivity contribution in [1.29, 1.82) is 0 Å². The van der Waals surface area contributed by atoms with E-state index in [9.17, 15) is 18.0 Å². The largest absolute Gasteiger partial charge is 0.465 e.